The first-order valence-electron chi connectivity index (χ1n) is 11.7. The molecule has 3 aliphatic rings. The molecule has 1 aromatic carbocycles. The van der Waals surface area contributed by atoms with Crippen molar-refractivity contribution >= 4 is 23.5 Å². The predicted octanol–water partition coefficient (Wildman–Crippen LogP) is 4.64. The summed E-state index contributed by atoms with van der Waals surface area (Å²) in [5.74, 6) is -1.39. The van der Waals surface area contributed by atoms with Crippen LogP contribution >= 0.6 is 0 Å². The Kier molecular flexibility index (Phi) is 6.22. The Bertz CT molecular complexity index is 963. The molecule has 2 N–H and O–H groups in total. The maximum atomic E-state index is 13.3. The number of aliphatic carboxylic acids is 1. The van der Waals surface area contributed by atoms with E-state index in [1.54, 1.807) is 49.4 Å². The molecule has 1 heterocycles. The number of likely N-dealkylation sites (tertiary alicyclic amines) is 1. The van der Waals surface area contributed by atoms with Gasteiger partial charge in [-0.3, -0.25) is 14.4 Å². The largest absolute Gasteiger partial charge is 0.481 e. The zero-order valence-electron chi connectivity index (χ0n) is 18.8. The highest BCUT2D eigenvalue weighted by Gasteiger charge is 2.45. The van der Waals surface area contributed by atoms with Gasteiger partial charge < -0.3 is 15.3 Å². The number of fused-ring (bicyclic) bond motifs is 1. The molecule has 0 radical (unpaired) electrons. The number of nitrogens with zero attached hydrogens (tertiary/aromatic N) is 1. The van der Waals surface area contributed by atoms with Gasteiger partial charge in [-0.2, -0.15) is 0 Å². The van der Waals surface area contributed by atoms with Crippen molar-refractivity contribution in [2.45, 2.75) is 57.9 Å². The standard InChI is InChI=1S/C26H32N2O4/c1-17-16-19(10-13-22(17)25(31)32)23(29)27-21-11-8-18(9-12-21)24(30)28-15-5-7-20-6-3-4-14-26(20,28)2/h8-13,16-17,20,22H,3-7,14-15H2,1-2H3,(H,27,29)(H,31,32)/t17?,20-,22?,26?/m0/s1. The van der Waals surface area contributed by atoms with Crippen molar-refractivity contribution in [1.29, 1.82) is 0 Å². The first-order valence-corrected chi connectivity index (χ1v) is 11.7. The van der Waals surface area contributed by atoms with Crippen LogP contribution in [0.15, 0.2) is 48.1 Å². The predicted molar refractivity (Wildman–Crippen MR) is 123 cm³/mol. The van der Waals surface area contributed by atoms with E-state index in [4.69, 9.17) is 0 Å². The number of hydrogen-bond acceptors (Lipinski definition) is 3. The van der Waals surface area contributed by atoms with Crippen LogP contribution in [0.2, 0.25) is 0 Å². The van der Waals surface area contributed by atoms with Gasteiger partial charge in [0, 0.05) is 28.9 Å². The fourth-order valence-corrected chi connectivity index (χ4v) is 5.62. The quantitative estimate of drug-likeness (QED) is 0.720. The number of allylic oxidation sites excluding steroid dienone is 1. The highest BCUT2D eigenvalue weighted by Crippen LogP contribution is 2.44. The molecule has 6 nitrogen and oxygen atoms in total. The first-order chi connectivity index (χ1) is 15.3. The first kappa shape index (κ1) is 22.3. The van der Waals surface area contributed by atoms with Gasteiger partial charge in [0.1, 0.15) is 0 Å². The Morgan fingerprint density at radius 2 is 1.81 bits per heavy atom. The number of hydrogen-bond donors (Lipinski definition) is 2. The number of carbonyl (C=O) groups excluding carboxylic acids is 2. The van der Waals surface area contributed by atoms with Gasteiger partial charge in [0.2, 0.25) is 0 Å². The van der Waals surface area contributed by atoms with Gasteiger partial charge >= 0.3 is 5.97 Å². The molecule has 170 valence electrons. The number of benzene rings is 1. The van der Waals surface area contributed by atoms with Gasteiger partial charge in [0.15, 0.2) is 0 Å². The van der Waals surface area contributed by atoms with Crippen molar-refractivity contribution in [2.75, 3.05) is 11.9 Å². The topological polar surface area (TPSA) is 86.7 Å². The molecule has 4 rings (SSSR count). The van der Waals surface area contributed by atoms with Crippen LogP contribution in [0, 0.1) is 17.8 Å². The van der Waals surface area contributed by atoms with E-state index < -0.39 is 11.9 Å². The number of nitrogens with one attached hydrogen (secondary N) is 1. The van der Waals surface area contributed by atoms with Gasteiger partial charge in [-0.05, 0) is 68.7 Å². The number of rotatable bonds is 4. The fourth-order valence-electron chi connectivity index (χ4n) is 5.62. The summed E-state index contributed by atoms with van der Waals surface area (Å²) in [5, 5.41) is 12.0. The molecule has 1 saturated heterocycles. The van der Waals surface area contributed by atoms with Crippen molar-refractivity contribution in [1.82, 2.24) is 4.90 Å². The molecule has 6 heteroatoms. The Morgan fingerprint density at radius 3 is 2.50 bits per heavy atom. The van der Waals surface area contributed by atoms with Crippen molar-refractivity contribution in [3.05, 3.63) is 53.6 Å². The maximum absolute atomic E-state index is 13.3. The summed E-state index contributed by atoms with van der Waals surface area (Å²) in [6.45, 7) is 4.85. The molecule has 4 atom stereocenters. The van der Waals surface area contributed by atoms with Crippen molar-refractivity contribution in [2.24, 2.45) is 17.8 Å². The molecule has 2 aliphatic carbocycles. The summed E-state index contributed by atoms with van der Waals surface area (Å²) in [4.78, 5) is 39.2. The van der Waals surface area contributed by atoms with Gasteiger partial charge in [-0.25, -0.2) is 0 Å². The molecule has 0 bridgehead atoms. The highest BCUT2D eigenvalue weighted by atomic mass is 16.4. The minimum absolute atomic E-state index is 0.0508. The third kappa shape index (κ3) is 4.23. The van der Waals surface area contributed by atoms with Crippen LogP contribution < -0.4 is 5.32 Å². The number of carboxylic acids is 1. The average molecular weight is 437 g/mol. The van der Waals surface area contributed by atoms with Gasteiger partial charge in [-0.1, -0.05) is 38.0 Å². The minimum Gasteiger partial charge on any atom is -0.481 e. The van der Waals surface area contributed by atoms with Gasteiger partial charge in [-0.15, -0.1) is 0 Å². The van der Waals surface area contributed by atoms with Crippen molar-refractivity contribution in [3.63, 3.8) is 0 Å². The van der Waals surface area contributed by atoms with Crippen LogP contribution in [-0.2, 0) is 9.59 Å². The summed E-state index contributed by atoms with van der Waals surface area (Å²) < 4.78 is 0. The number of carbonyl (C=O) groups is 3. The lowest BCUT2D eigenvalue weighted by atomic mass is 9.68. The van der Waals surface area contributed by atoms with E-state index in [2.05, 4.69) is 17.1 Å². The van der Waals surface area contributed by atoms with Gasteiger partial charge in [0.25, 0.3) is 11.8 Å². The highest BCUT2D eigenvalue weighted by molar-refractivity contribution is 6.06. The van der Waals surface area contributed by atoms with Crippen LogP contribution in [0.25, 0.3) is 0 Å². The average Bonchev–Trinajstić information content (AvgIpc) is 2.78. The fraction of sp³-hybridized carbons (Fsp3) is 0.500. The summed E-state index contributed by atoms with van der Waals surface area (Å²) in [6, 6.07) is 7.07. The maximum Gasteiger partial charge on any atom is 0.310 e. The molecular formula is C26H32N2O4. The second kappa shape index (κ2) is 8.93. The molecule has 0 aromatic heterocycles. The van der Waals surface area contributed by atoms with E-state index in [-0.39, 0.29) is 23.3 Å². The number of carboxylic acid groups (broad SMARTS) is 1. The number of amides is 2. The zero-order valence-corrected chi connectivity index (χ0v) is 18.8. The Hall–Kier alpha value is -2.89. The monoisotopic (exact) mass is 436 g/mol. The molecule has 3 unspecified atom stereocenters. The van der Waals surface area contributed by atoms with E-state index in [9.17, 15) is 19.5 Å². The van der Waals surface area contributed by atoms with E-state index in [1.165, 1.54) is 25.7 Å². The minimum atomic E-state index is -0.896. The summed E-state index contributed by atoms with van der Waals surface area (Å²) in [5.41, 5.74) is 1.64. The SMILES string of the molecule is CC1C=C(C(=O)Nc2ccc(C(=O)N3CCC[C@@H]4CCCCC43C)cc2)C=CC1C(=O)O. The molecule has 1 saturated carbocycles. The second-order valence-electron chi connectivity index (χ2n) is 9.63. The molecule has 32 heavy (non-hydrogen) atoms. The van der Waals surface area contributed by atoms with Crippen LogP contribution in [-0.4, -0.2) is 39.9 Å². The lowest BCUT2D eigenvalue weighted by molar-refractivity contribution is -0.141. The third-order valence-corrected chi connectivity index (χ3v) is 7.59. The molecule has 1 aromatic rings. The molecule has 2 amide bonds. The van der Waals surface area contributed by atoms with Gasteiger partial charge in [0.05, 0.1) is 5.92 Å². The summed E-state index contributed by atoms with van der Waals surface area (Å²) in [7, 11) is 0. The zero-order chi connectivity index (χ0) is 22.9. The lowest BCUT2D eigenvalue weighted by Gasteiger charge is -2.52. The number of piperidine rings is 1. The van der Waals surface area contributed by atoms with Crippen LogP contribution in [0.5, 0.6) is 0 Å². The smallest absolute Gasteiger partial charge is 0.310 e. The van der Waals surface area contributed by atoms with E-state index >= 15 is 0 Å². The van der Waals surface area contributed by atoms with Crippen LogP contribution in [0.1, 0.15) is 62.7 Å². The Balaban J connectivity index is 1.43. The normalized spacial score (nSPS) is 29.6. The van der Waals surface area contributed by atoms with Crippen molar-refractivity contribution < 1.29 is 19.5 Å². The van der Waals surface area contributed by atoms with Crippen molar-refractivity contribution in [3.8, 4) is 0 Å². The van der Waals surface area contributed by atoms with Crippen LogP contribution in [0.4, 0.5) is 5.69 Å². The van der Waals surface area contributed by atoms with E-state index in [0.29, 0.717) is 22.7 Å². The molecule has 0 spiro atoms. The summed E-state index contributed by atoms with van der Waals surface area (Å²) in [6.07, 6.45) is 11.8. The number of anilines is 1. The van der Waals surface area contributed by atoms with E-state index in [1.807, 2.05) is 0 Å². The Morgan fingerprint density at radius 1 is 1.09 bits per heavy atom. The molecule has 1 aliphatic heterocycles. The molecular weight excluding hydrogens is 404 g/mol. The third-order valence-electron chi connectivity index (χ3n) is 7.59. The van der Waals surface area contributed by atoms with E-state index in [0.717, 1.165) is 19.4 Å². The Labute approximate surface area is 189 Å². The van der Waals surface area contributed by atoms with Crippen LogP contribution in [0.3, 0.4) is 0 Å². The lowest BCUT2D eigenvalue weighted by Crippen LogP contribution is -2.58. The summed E-state index contributed by atoms with van der Waals surface area (Å²) >= 11 is 0. The molecule has 2 fully saturated rings. The second-order valence-corrected chi connectivity index (χ2v) is 9.63.